The number of phenols is 1. The third-order valence-corrected chi connectivity index (χ3v) is 4.90. The second-order valence-corrected chi connectivity index (χ2v) is 6.56. The predicted octanol–water partition coefficient (Wildman–Crippen LogP) is 2.93. The van der Waals surface area contributed by atoms with Gasteiger partial charge in [0.15, 0.2) is 17.5 Å². The van der Waals surface area contributed by atoms with Crippen LogP contribution in [0, 0.1) is 0 Å². The number of hydrogen-bond acceptors (Lipinski definition) is 5. The number of rotatable bonds is 5. The van der Waals surface area contributed by atoms with Gasteiger partial charge in [0.25, 0.3) is 0 Å². The number of nitrogens with zero attached hydrogens (tertiary/aromatic N) is 3. The quantitative estimate of drug-likeness (QED) is 0.365. The molecule has 2 aromatic carbocycles. The van der Waals surface area contributed by atoms with E-state index in [2.05, 4.69) is 44.4 Å². The Morgan fingerprint density at radius 3 is 2.14 bits per heavy atom. The summed E-state index contributed by atoms with van der Waals surface area (Å²) in [4.78, 5) is 9.07. The van der Waals surface area contributed by atoms with Gasteiger partial charge in [-0.2, -0.15) is 0 Å². The smallest absolute Gasteiger partial charge is 0.200 e. The number of hydrogen-bond donors (Lipinski definition) is 2. The minimum Gasteiger partial charge on any atom is -0.502 e. The number of aliphatic imine (C=N–C) groups is 1. The molecule has 0 saturated carbocycles. The minimum atomic E-state index is 0. The third kappa shape index (κ3) is 5.59. The number of halogens is 1. The highest BCUT2D eigenvalue weighted by Gasteiger charge is 2.20. The van der Waals surface area contributed by atoms with Gasteiger partial charge in [0.2, 0.25) is 5.75 Å². The number of aromatic hydroxyl groups is 1. The van der Waals surface area contributed by atoms with Crippen molar-refractivity contribution < 1.29 is 14.6 Å². The first-order valence-corrected chi connectivity index (χ1v) is 9.35. The van der Waals surface area contributed by atoms with E-state index >= 15 is 0 Å². The highest BCUT2D eigenvalue weighted by atomic mass is 127. The molecule has 7 nitrogen and oxygen atoms in total. The number of ether oxygens (including phenoxy) is 2. The van der Waals surface area contributed by atoms with E-state index in [1.807, 2.05) is 6.07 Å². The van der Waals surface area contributed by atoms with Crippen molar-refractivity contribution in [3.05, 3.63) is 48.0 Å². The van der Waals surface area contributed by atoms with Crippen LogP contribution < -0.4 is 19.7 Å². The lowest BCUT2D eigenvalue weighted by molar-refractivity contribution is 0.339. The molecule has 0 atom stereocenters. The van der Waals surface area contributed by atoms with E-state index in [0.717, 1.165) is 37.7 Å². The number of phenolic OH excluding ortho intramolecular Hbond substituents is 1. The molecule has 0 radical (unpaired) electrons. The summed E-state index contributed by atoms with van der Waals surface area (Å²) in [7, 11) is 4.84. The van der Waals surface area contributed by atoms with Crippen LogP contribution in [0.2, 0.25) is 0 Å². The van der Waals surface area contributed by atoms with Crippen LogP contribution in [-0.2, 0) is 6.54 Å². The summed E-state index contributed by atoms with van der Waals surface area (Å²) in [6.07, 6.45) is 0. The number of para-hydroxylation sites is 1. The Bertz CT molecular complexity index is 784. The van der Waals surface area contributed by atoms with E-state index in [-0.39, 0.29) is 29.7 Å². The lowest BCUT2D eigenvalue weighted by atomic mass is 10.2. The second-order valence-electron chi connectivity index (χ2n) is 6.56. The molecule has 0 amide bonds. The van der Waals surface area contributed by atoms with E-state index in [9.17, 15) is 5.11 Å². The summed E-state index contributed by atoms with van der Waals surface area (Å²) in [5.41, 5.74) is 2.20. The summed E-state index contributed by atoms with van der Waals surface area (Å²) in [5.74, 6) is 1.65. The number of piperazine rings is 1. The van der Waals surface area contributed by atoms with Crippen LogP contribution in [0.5, 0.6) is 17.2 Å². The van der Waals surface area contributed by atoms with Gasteiger partial charge in [-0.25, -0.2) is 0 Å². The highest BCUT2D eigenvalue weighted by molar-refractivity contribution is 14.0. The van der Waals surface area contributed by atoms with Crippen LogP contribution in [-0.4, -0.2) is 63.4 Å². The van der Waals surface area contributed by atoms with Crippen LogP contribution >= 0.6 is 24.0 Å². The first kappa shape index (κ1) is 22.9. The van der Waals surface area contributed by atoms with Crippen molar-refractivity contribution in [3.63, 3.8) is 0 Å². The van der Waals surface area contributed by atoms with Gasteiger partial charge < -0.3 is 29.7 Å². The second kappa shape index (κ2) is 11.0. The van der Waals surface area contributed by atoms with Gasteiger partial charge in [-0.15, -0.1) is 24.0 Å². The van der Waals surface area contributed by atoms with Gasteiger partial charge in [0, 0.05) is 45.5 Å². The topological polar surface area (TPSA) is 69.6 Å². The largest absolute Gasteiger partial charge is 0.502 e. The maximum Gasteiger partial charge on any atom is 0.200 e. The Labute approximate surface area is 189 Å². The molecule has 0 aliphatic carbocycles. The average molecular weight is 512 g/mol. The first-order valence-electron chi connectivity index (χ1n) is 9.35. The molecule has 29 heavy (non-hydrogen) atoms. The molecular formula is C21H29IN4O3. The number of nitrogens with one attached hydrogen (secondary N) is 1. The lowest BCUT2D eigenvalue weighted by Crippen LogP contribution is -2.52. The van der Waals surface area contributed by atoms with Crippen molar-refractivity contribution in [1.29, 1.82) is 0 Å². The van der Waals surface area contributed by atoms with Crippen LogP contribution in [0.1, 0.15) is 5.56 Å². The Morgan fingerprint density at radius 1 is 1.03 bits per heavy atom. The number of anilines is 1. The normalized spacial score (nSPS) is 14.2. The van der Waals surface area contributed by atoms with E-state index in [4.69, 9.17) is 9.47 Å². The molecular weight excluding hydrogens is 483 g/mol. The molecule has 1 aliphatic heterocycles. The molecule has 0 bridgehead atoms. The molecule has 1 saturated heterocycles. The maximum absolute atomic E-state index is 10.1. The molecule has 2 N–H and O–H groups in total. The van der Waals surface area contributed by atoms with Crippen molar-refractivity contribution in [3.8, 4) is 17.2 Å². The van der Waals surface area contributed by atoms with Crippen LogP contribution in [0.3, 0.4) is 0 Å². The number of benzene rings is 2. The molecule has 2 aromatic rings. The van der Waals surface area contributed by atoms with Crippen molar-refractivity contribution in [2.75, 3.05) is 52.3 Å². The first-order chi connectivity index (χ1) is 13.7. The summed E-state index contributed by atoms with van der Waals surface area (Å²) >= 11 is 0. The fourth-order valence-electron chi connectivity index (χ4n) is 3.38. The van der Waals surface area contributed by atoms with Gasteiger partial charge >= 0.3 is 0 Å². The van der Waals surface area contributed by atoms with E-state index in [1.165, 1.54) is 19.9 Å². The zero-order valence-electron chi connectivity index (χ0n) is 17.1. The Kier molecular flexibility index (Phi) is 8.69. The summed E-state index contributed by atoms with van der Waals surface area (Å²) in [6.45, 7) is 4.25. The van der Waals surface area contributed by atoms with Crippen molar-refractivity contribution in [1.82, 2.24) is 10.2 Å². The summed E-state index contributed by atoms with van der Waals surface area (Å²) < 4.78 is 10.5. The van der Waals surface area contributed by atoms with Gasteiger partial charge in [0.05, 0.1) is 14.2 Å². The van der Waals surface area contributed by atoms with Gasteiger partial charge in [-0.05, 0) is 29.8 Å². The SMILES string of the molecule is CN=C(NCc1cc(OC)c(O)c(OC)c1)N1CCN(c2ccccc2)CC1.I. The molecule has 0 spiro atoms. The number of methoxy groups -OCH3 is 2. The highest BCUT2D eigenvalue weighted by Crippen LogP contribution is 2.37. The zero-order chi connectivity index (χ0) is 19.9. The van der Waals surface area contributed by atoms with Crippen molar-refractivity contribution in [2.24, 2.45) is 4.99 Å². The standard InChI is InChI=1S/C21H28N4O3.HI/c1-22-21(23-15-16-13-18(27-2)20(26)19(14-16)28-3)25-11-9-24(10-12-25)17-7-5-4-6-8-17;/h4-8,13-14,26H,9-12,15H2,1-3H3,(H,22,23);1H. The van der Waals surface area contributed by atoms with E-state index < -0.39 is 0 Å². The lowest BCUT2D eigenvalue weighted by Gasteiger charge is -2.37. The van der Waals surface area contributed by atoms with Crippen LogP contribution in [0.4, 0.5) is 5.69 Å². The summed E-state index contributed by atoms with van der Waals surface area (Å²) in [6, 6.07) is 14.1. The maximum atomic E-state index is 10.1. The molecule has 3 rings (SSSR count). The van der Waals surface area contributed by atoms with Crippen molar-refractivity contribution in [2.45, 2.75) is 6.54 Å². The van der Waals surface area contributed by atoms with E-state index in [1.54, 1.807) is 19.2 Å². The number of guanidine groups is 1. The molecule has 0 aromatic heterocycles. The van der Waals surface area contributed by atoms with Gasteiger partial charge in [-0.1, -0.05) is 18.2 Å². The molecule has 158 valence electrons. The Balaban J connectivity index is 0.00000300. The summed E-state index contributed by atoms with van der Waals surface area (Å²) in [5, 5.41) is 13.4. The molecule has 0 unspecified atom stereocenters. The predicted molar refractivity (Wildman–Crippen MR) is 127 cm³/mol. The molecule has 8 heteroatoms. The van der Waals surface area contributed by atoms with E-state index in [0.29, 0.717) is 18.0 Å². The molecule has 1 heterocycles. The Hall–Kier alpha value is -2.36. The zero-order valence-corrected chi connectivity index (χ0v) is 19.4. The molecule has 1 fully saturated rings. The van der Waals surface area contributed by atoms with Crippen molar-refractivity contribution >= 4 is 35.6 Å². The third-order valence-electron chi connectivity index (χ3n) is 4.90. The minimum absolute atomic E-state index is 0. The van der Waals surface area contributed by atoms with Gasteiger partial charge in [0.1, 0.15) is 0 Å². The fraction of sp³-hybridized carbons (Fsp3) is 0.381. The molecule has 1 aliphatic rings. The van der Waals surface area contributed by atoms with Gasteiger partial charge in [-0.3, -0.25) is 4.99 Å². The Morgan fingerprint density at radius 2 is 1.62 bits per heavy atom. The van der Waals surface area contributed by atoms with Crippen LogP contribution in [0.25, 0.3) is 0 Å². The fourth-order valence-corrected chi connectivity index (χ4v) is 3.38. The average Bonchev–Trinajstić information content (AvgIpc) is 2.76. The van der Waals surface area contributed by atoms with Crippen LogP contribution in [0.15, 0.2) is 47.5 Å². The monoisotopic (exact) mass is 512 g/mol.